The third kappa shape index (κ3) is 3.93. The molecular formula is C5H12N2O2. The van der Waals surface area contributed by atoms with Crippen LogP contribution in [0.1, 0.15) is 13.3 Å². The van der Waals surface area contributed by atoms with Gasteiger partial charge in [0, 0.05) is 6.04 Å². The lowest BCUT2D eigenvalue weighted by molar-refractivity contribution is -0.138. The van der Waals surface area contributed by atoms with E-state index in [2.05, 4.69) is 0 Å². The van der Waals surface area contributed by atoms with Crippen LogP contribution in [0.15, 0.2) is 0 Å². The Morgan fingerprint density at radius 1 is 1.67 bits per heavy atom. The summed E-state index contributed by atoms with van der Waals surface area (Å²) in [6.45, 7) is 1.72. The fourth-order valence-electron chi connectivity index (χ4n) is 0.501. The molecule has 2 atom stereocenters. The van der Waals surface area contributed by atoms with Gasteiger partial charge in [-0.2, -0.15) is 0 Å². The third-order valence-corrected chi connectivity index (χ3v) is 0.943. The van der Waals surface area contributed by atoms with Gasteiger partial charge < -0.3 is 16.6 Å². The van der Waals surface area contributed by atoms with Crippen LogP contribution < -0.4 is 11.5 Å². The molecule has 4 nitrogen and oxygen atoms in total. The minimum Gasteiger partial charge on any atom is -0.480 e. The summed E-state index contributed by atoms with van der Waals surface area (Å²) in [5.74, 6) is -0.993. The molecule has 0 aliphatic heterocycles. The fraction of sp³-hybridized carbons (Fsp3) is 0.800. The quantitative estimate of drug-likeness (QED) is 0.466. The molecule has 0 aromatic carbocycles. The van der Waals surface area contributed by atoms with Gasteiger partial charge in [-0.25, -0.2) is 0 Å². The summed E-state index contributed by atoms with van der Waals surface area (Å²) in [5.41, 5.74) is 10.4. The van der Waals surface area contributed by atoms with E-state index >= 15 is 0 Å². The van der Waals surface area contributed by atoms with Gasteiger partial charge in [-0.1, -0.05) is 0 Å². The molecule has 0 saturated heterocycles. The van der Waals surface area contributed by atoms with Crippen molar-refractivity contribution in [1.82, 2.24) is 0 Å². The Hall–Kier alpha value is -0.610. The molecule has 0 unspecified atom stereocenters. The minimum absolute atomic E-state index is 0.143. The lowest BCUT2D eigenvalue weighted by atomic mass is 10.1. The molecule has 0 rings (SSSR count). The van der Waals surface area contributed by atoms with Crippen LogP contribution in [0.3, 0.4) is 0 Å². The maximum absolute atomic E-state index is 10.1. The molecule has 0 bridgehead atoms. The monoisotopic (exact) mass is 132 g/mol. The highest BCUT2D eigenvalue weighted by molar-refractivity contribution is 5.73. The predicted molar refractivity (Wildman–Crippen MR) is 33.9 cm³/mol. The number of hydrogen-bond acceptors (Lipinski definition) is 3. The largest absolute Gasteiger partial charge is 0.480 e. The number of aliphatic carboxylic acids is 1. The number of carboxylic acids is 1. The first kappa shape index (κ1) is 8.39. The first-order valence-electron chi connectivity index (χ1n) is 2.78. The lowest BCUT2D eigenvalue weighted by Gasteiger charge is -2.07. The van der Waals surface area contributed by atoms with Crippen molar-refractivity contribution in [2.45, 2.75) is 25.4 Å². The molecule has 0 saturated carbocycles. The zero-order valence-corrected chi connectivity index (χ0v) is 5.37. The summed E-state index contributed by atoms with van der Waals surface area (Å²) in [6, 6.07) is -0.957. The van der Waals surface area contributed by atoms with Crippen molar-refractivity contribution in [2.75, 3.05) is 0 Å². The summed E-state index contributed by atoms with van der Waals surface area (Å²) >= 11 is 0. The molecule has 0 heterocycles. The van der Waals surface area contributed by atoms with Crippen molar-refractivity contribution in [2.24, 2.45) is 11.5 Å². The molecule has 0 radical (unpaired) electrons. The highest BCUT2D eigenvalue weighted by Crippen LogP contribution is 1.90. The first-order chi connectivity index (χ1) is 4.04. The van der Waals surface area contributed by atoms with Crippen molar-refractivity contribution < 1.29 is 9.90 Å². The van der Waals surface area contributed by atoms with E-state index in [0.29, 0.717) is 6.42 Å². The van der Waals surface area contributed by atoms with Crippen molar-refractivity contribution in [3.63, 3.8) is 0 Å². The smallest absolute Gasteiger partial charge is 0.320 e. The van der Waals surface area contributed by atoms with Crippen LogP contribution in [0.2, 0.25) is 0 Å². The second-order valence-corrected chi connectivity index (χ2v) is 2.16. The minimum atomic E-state index is -0.993. The van der Waals surface area contributed by atoms with E-state index in [0.717, 1.165) is 0 Å². The van der Waals surface area contributed by atoms with Gasteiger partial charge in [-0.15, -0.1) is 0 Å². The number of nitrogens with two attached hydrogens (primary N) is 2. The topological polar surface area (TPSA) is 89.3 Å². The van der Waals surface area contributed by atoms with E-state index in [4.69, 9.17) is 16.6 Å². The SMILES string of the molecule is C[C@H](N)C[C@@H](N)C(=O)O. The molecule has 0 fully saturated rings. The molecule has 0 spiro atoms. The molecular weight excluding hydrogens is 120 g/mol. The predicted octanol–water partition coefficient (Wildman–Crippen LogP) is -0.864. The van der Waals surface area contributed by atoms with Crippen LogP contribution in [0.25, 0.3) is 0 Å². The molecule has 0 aromatic rings. The Balaban J connectivity index is 3.50. The van der Waals surface area contributed by atoms with Crippen LogP contribution in [0.4, 0.5) is 0 Å². The Kier molecular flexibility index (Phi) is 3.19. The standard InChI is InChI=1S/C5H12N2O2/c1-3(6)2-4(7)5(8)9/h3-4H,2,6-7H2,1H3,(H,8,9)/t3-,4+/m0/s1. The normalized spacial score (nSPS) is 16.8. The molecule has 0 aliphatic rings. The van der Waals surface area contributed by atoms with Gasteiger partial charge in [0.2, 0.25) is 0 Å². The number of rotatable bonds is 3. The van der Waals surface area contributed by atoms with Gasteiger partial charge in [0.25, 0.3) is 0 Å². The highest BCUT2D eigenvalue weighted by Gasteiger charge is 2.12. The zero-order chi connectivity index (χ0) is 7.44. The average molecular weight is 132 g/mol. The van der Waals surface area contributed by atoms with Crippen LogP contribution in [0, 0.1) is 0 Å². The van der Waals surface area contributed by atoms with Crippen LogP contribution >= 0.6 is 0 Å². The second kappa shape index (κ2) is 3.42. The van der Waals surface area contributed by atoms with Crippen LogP contribution in [0.5, 0.6) is 0 Å². The number of carbonyl (C=O) groups is 1. The molecule has 54 valence electrons. The lowest BCUT2D eigenvalue weighted by Crippen LogP contribution is -2.35. The van der Waals surface area contributed by atoms with Crippen molar-refractivity contribution >= 4 is 5.97 Å². The van der Waals surface area contributed by atoms with E-state index in [9.17, 15) is 4.79 Å². The van der Waals surface area contributed by atoms with Gasteiger partial charge in [0.1, 0.15) is 6.04 Å². The average Bonchev–Trinajstić information content (AvgIpc) is 1.63. The summed E-state index contributed by atoms with van der Waals surface area (Å²) in [7, 11) is 0. The summed E-state index contributed by atoms with van der Waals surface area (Å²) in [6.07, 6.45) is 0.329. The summed E-state index contributed by atoms with van der Waals surface area (Å²) in [5, 5.41) is 8.25. The van der Waals surface area contributed by atoms with E-state index in [1.54, 1.807) is 6.92 Å². The van der Waals surface area contributed by atoms with Gasteiger partial charge in [0.05, 0.1) is 0 Å². The van der Waals surface area contributed by atoms with E-state index in [1.807, 2.05) is 0 Å². The van der Waals surface area contributed by atoms with Crippen molar-refractivity contribution in [3.8, 4) is 0 Å². The molecule has 0 aliphatic carbocycles. The second-order valence-electron chi connectivity index (χ2n) is 2.16. The Labute approximate surface area is 53.8 Å². The van der Waals surface area contributed by atoms with E-state index in [-0.39, 0.29) is 6.04 Å². The summed E-state index contributed by atoms with van der Waals surface area (Å²) < 4.78 is 0. The zero-order valence-electron chi connectivity index (χ0n) is 5.37. The van der Waals surface area contributed by atoms with Crippen LogP contribution in [-0.2, 0) is 4.79 Å². The molecule has 0 amide bonds. The molecule has 0 aromatic heterocycles. The van der Waals surface area contributed by atoms with Gasteiger partial charge >= 0.3 is 5.97 Å². The van der Waals surface area contributed by atoms with E-state index in [1.165, 1.54) is 0 Å². The van der Waals surface area contributed by atoms with Gasteiger partial charge in [0.15, 0.2) is 0 Å². The van der Waals surface area contributed by atoms with E-state index < -0.39 is 12.0 Å². The number of carboxylic acid groups (broad SMARTS) is 1. The maximum atomic E-state index is 10.1. The van der Waals surface area contributed by atoms with Gasteiger partial charge in [-0.3, -0.25) is 4.79 Å². The molecule has 9 heavy (non-hydrogen) atoms. The Bertz CT molecular complexity index is 103. The first-order valence-corrected chi connectivity index (χ1v) is 2.78. The highest BCUT2D eigenvalue weighted by atomic mass is 16.4. The summed E-state index contributed by atoms with van der Waals surface area (Å²) in [4.78, 5) is 10.1. The Morgan fingerprint density at radius 2 is 2.11 bits per heavy atom. The third-order valence-electron chi connectivity index (χ3n) is 0.943. The molecule has 5 N–H and O–H groups in total. The maximum Gasteiger partial charge on any atom is 0.320 e. The van der Waals surface area contributed by atoms with Gasteiger partial charge in [-0.05, 0) is 13.3 Å². The van der Waals surface area contributed by atoms with Crippen molar-refractivity contribution in [1.29, 1.82) is 0 Å². The fourth-order valence-corrected chi connectivity index (χ4v) is 0.501. The number of hydrogen-bond donors (Lipinski definition) is 3. The molecule has 4 heteroatoms. The van der Waals surface area contributed by atoms with Crippen molar-refractivity contribution in [3.05, 3.63) is 0 Å². The Morgan fingerprint density at radius 3 is 2.22 bits per heavy atom. The van der Waals surface area contributed by atoms with Crippen LogP contribution in [-0.4, -0.2) is 23.2 Å².